The summed E-state index contributed by atoms with van der Waals surface area (Å²) < 4.78 is 5.71. The Morgan fingerprint density at radius 3 is 2.38 bits per heavy atom. The molecule has 13 heavy (non-hydrogen) atoms. The third-order valence-electron chi connectivity index (χ3n) is 2.88. The van der Waals surface area contributed by atoms with Crippen LogP contribution in [0.3, 0.4) is 0 Å². The molecule has 1 fully saturated rings. The fraction of sp³-hybridized carbons (Fsp3) is 1.00. The molecule has 1 atom stereocenters. The van der Waals surface area contributed by atoms with Gasteiger partial charge in [-0.05, 0) is 38.0 Å². The monoisotopic (exact) mass is 185 g/mol. The van der Waals surface area contributed by atoms with E-state index in [4.69, 9.17) is 10.5 Å². The number of rotatable bonds is 3. The molecule has 0 saturated heterocycles. The van der Waals surface area contributed by atoms with Crippen molar-refractivity contribution in [1.29, 1.82) is 0 Å². The second-order valence-corrected chi connectivity index (χ2v) is 5.17. The molecule has 0 heterocycles. The van der Waals surface area contributed by atoms with E-state index in [-0.39, 0.29) is 6.04 Å². The van der Waals surface area contributed by atoms with Crippen LogP contribution in [0.5, 0.6) is 0 Å². The third kappa shape index (κ3) is 4.10. The lowest BCUT2D eigenvalue weighted by atomic mass is 9.76. The van der Waals surface area contributed by atoms with Crippen LogP contribution in [0, 0.1) is 5.41 Å². The highest BCUT2D eigenvalue weighted by molar-refractivity contribution is 4.78. The summed E-state index contributed by atoms with van der Waals surface area (Å²) in [6.45, 7) is 7.39. The van der Waals surface area contributed by atoms with Gasteiger partial charge in [-0.25, -0.2) is 0 Å². The zero-order valence-electron chi connectivity index (χ0n) is 9.18. The van der Waals surface area contributed by atoms with Gasteiger partial charge in [-0.15, -0.1) is 0 Å². The Labute approximate surface area is 81.8 Å². The van der Waals surface area contributed by atoms with Crippen molar-refractivity contribution < 1.29 is 4.74 Å². The summed E-state index contributed by atoms with van der Waals surface area (Å²) in [5.74, 6) is 0. The molecule has 1 rings (SSSR count). The number of hydrogen-bond donors (Lipinski definition) is 1. The van der Waals surface area contributed by atoms with Gasteiger partial charge in [-0.2, -0.15) is 0 Å². The van der Waals surface area contributed by atoms with Crippen LogP contribution in [-0.2, 0) is 4.74 Å². The fourth-order valence-electron chi connectivity index (χ4n) is 1.83. The molecule has 2 N–H and O–H groups in total. The average molecular weight is 185 g/mol. The lowest BCUT2D eigenvalue weighted by molar-refractivity contribution is 0.0000638. The summed E-state index contributed by atoms with van der Waals surface area (Å²) >= 11 is 0. The fourth-order valence-corrected chi connectivity index (χ4v) is 1.83. The van der Waals surface area contributed by atoms with E-state index in [9.17, 15) is 0 Å². The van der Waals surface area contributed by atoms with Crippen molar-refractivity contribution >= 4 is 0 Å². The highest BCUT2D eigenvalue weighted by Crippen LogP contribution is 2.36. The van der Waals surface area contributed by atoms with Crippen molar-refractivity contribution in [3.05, 3.63) is 0 Å². The molecule has 0 spiro atoms. The number of nitrogens with two attached hydrogens (primary N) is 1. The van der Waals surface area contributed by atoms with Gasteiger partial charge in [0.1, 0.15) is 0 Å². The molecule has 1 aliphatic carbocycles. The van der Waals surface area contributed by atoms with Crippen molar-refractivity contribution in [2.75, 3.05) is 6.61 Å². The molecule has 2 nitrogen and oxygen atoms in total. The van der Waals surface area contributed by atoms with Crippen molar-refractivity contribution in [3.8, 4) is 0 Å². The molecule has 0 aromatic heterocycles. The predicted molar refractivity (Wildman–Crippen MR) is 55.6 cm³/mol. The molecular formula is C11H23NO. The molecule has 1 aliphatic rings. The lowest BCUT2D eigenvalue weighted by Crippen LogP contribution is -2.30. The first kappa shape index (κ1) is 11.0. The first-order valence-electron chi connectivity index (χ1n) is 5.37. The van der Waals surface area contributed by atoms with Gasteiger partial charge in [0.05, 0.1) is 12.7 Å². The van der Waals surface area contributed by atoms with Gasteiger partial charge in [0.15, 0.2) is 0 Å². The highest BCUT2D eigenvalue weighted by Gasteiger charge is 2.27. The molecule has 0 amide bonds. The van der Waals surface area contributed by atoms with E-state index in [0.717, 1.165) is 0 Å². The molecule has 0 unspecified atom stereocenters. The van der Waals surface area contributed by atoms with Gasteiger partial charge in [-0.3, -0.25) is 0 Å². The van der Waals surface area contributed by atoms with Gasteiger partial charge < -0.3 is 10.5 Å². The highest BCUT2D eigenvalue weighted by atomic mass is 16.5. The van der Waals surface area contributed by atoms with Gasteiger partial charge in [0.25, 0.3) is 0 Å². The Morgan fingerprint density at radius 1 is 1.38 bits per heavy atom. The van der Waals surface area contributed by atoms with E-state index < -0.39 is 0 Å². The summed E-state index contributed by atoms with van der Waals surface area (Å²) in [5.41, 5.74) is 6.17. The number of ether oxygens (including phenoxy) is 1. The molecular weight excluding hydrogens is 162 g/mol. The Hall–Kier alpha value is -0.0800. The molecule has 0 aromatic carbocycles. The molecule has 0 radical (unpaired) electrons. The van der Waals surface area contributed by atoms with E-state index in [0.29, 0.717) is 18.1 Å². The molecule has 78 valence electrons. The summed E-state index contributed by atoms with van der Waals surface area (Å²) in [5, 5.41) is 0. The first-order valence-corrected chi connectivity index (χ1v) is 5.37. The average Bonchev–Trinajstić information content (AvgIpc) is 2.02. The molecule has 0 bridgehead atoms. The van der Waals surface area contributed by atoms with Crippen LogP contribution in [0.4, 0.5) is 0 Å². The Kier molecular flexibility index (Phi) is 3.74. The second-order valence-electron chi connectivity index (χ2n) is 5.17. The number of hydrogen-bond acceptors (Lipinski definition) is 2. The van der Waals surface area contributed by atoms with Crippen LogP contribution in [0.15, 0.2) is 0 Å². The smallest absolute Gasteiger partial charge is 0.0618 e. The van der Waals surface area contributed by atoms with Crippen molar-refractivity contribution in [2.24, 2.45) is 11.1 Å². The van der Waals surface area contributed by atoms with E-state index in [1.165, 1.54) is 25.7 Å². The minimum absolute atomic E-state index is 0.176. The first-order chi connectivity index (χ1) is 5.99. The Bertz CT molecular complexity index is 141. The van der Waals surface area contributed by atoms with Gasteiger partial charge in [0, 0.05) is 6.04 Å². The predicted octanol–water partition coefficient (Wildman–Crippen LogP) is 2.32. The normalized spacial score (nSPS) is 25.8. The van der Waals surface area contributed by atoms with Crippen molar-refractivity contribution in [3.63, 3.8) is 0 Å². The van der Waals surface area contributed by atoms with E-state index in [1.807, 2.05) is 6.92 Å². The second kappa shape index (κ2) is 4.43. The maximum absolute atomic E-state index is 5.71. The van der Waals surface area contributed by atoms with Crippen LogP contribution in [0.2, 0.25) is 0 Å². The Balaban J connectivity index is 2.18. The van der Waals surface area contributed by atoms with Crippen LogP contribution in [0.1, 0.15) is 46.5 Å². The van der Waals surface area contributed by atoms with E-state index in [2.05, 4.69) is 13.8 Å². The Morgan fingerprint density at radius 2 is 1.92 bits per heavy atom. The van der Waals surface area contributed by atoms with Crippen LogP contribution >= 0.6 is 0 Å². The molecule has 0 aromatic rings. The standard InChI is InChI=1S/C11H23NO/c1-9(12)8-13-10-4-6-11(2,3)7-5-10/h9-10H,4-8,12H2,1-3H3/t9-/m1/s1. The third-order valence-corrected chi connectivity index (χ3v) is 2.88. The quantitative estimate of drug-likeness (QED) is 0.732. The SMILES string of the molecule is C[C@@H](N)COC1CCC(C)(C)CC1. The van der Waals surface area contributed by atoms with Crippen LogP contribution in [-0.4, -0.2) is 18.8 Å². The van der Waals surface area contributed by atoms with Gasteiger partial charge in [-0.1, -0.05) is 13.8 Å². The van der Waals surface area contributed by atoms with Crippen molar-refractivity contribution in [2.45, 2.75) is 58.6 Å². The lowest BCUT2D eigenvalue weighted by Gasteiger charge is -2.34. The zero-order valence-corrected chi connectivity index (χ0v) is 9.18. The van der Waals surface area contributed by atoms with Crippen LogP contribution < -0.4 is 5.73 Å². The summed E-state index contributed by atoms with van der Waals surface area (Å²) in [6.07, 6.45) is 5.46. The minimum atomic E-state index is 0.176. The van der Waals surface area contributed by atoms with Gasteiger partial charge in [0.2, 0.25) is 0 Å². The van der Waals surface area contributed by atoms with Crippen LogP contribution in [0.25, 0.3) is 0 Å². The summed E-state index contributed by atoms with van der Waals surface area (Å²) in [4.78, 5) is 0. The van der Waals surface area contributed by atoms with Gasteiger partial charge >= 0.3 is 0 Å². The van der Waals surface area contributed by atoms with E-state index in [1.54, 1.807) is 0 Å². The minimum Gasteiger partial charge on any atom is -0.377 e. The largest absolute Gasteiger partial charge is 0.377 e. The molecule has 1 saturated carbocycles. The van der Waals surface area contributed by atoms with Crippen molar-refractivity contribution in [1.82, 2.24) is 0 Å². The molecule has 2 heteroatoms. The molecule has 0 aliphatic heterocycles. The maximum Gasteiger partial charge on any atom is 0.0618 e. The van der Waals surface area contributed by atoms with E-state index >= 15 is 0 Å². The summed E-state index contributed by atoms with van der Waals surface area (Å²) in [7, 11) is 0. The zero-order chi connectivity index (χ0) is 9.90. The summed E-state index contributed by atoms with van der Waals surface area (Å²) in [6, 6.07) is 0.176. The maximum atomic E-state index is 5.71. The topological polar surface area (TPSA) is 35.2 Å².